The molecule has 1 N–H and O–H groups in total. The second-order valence-electron chi connectivity index (χ2n) is 4.76. The number of pyridine rings is 1. The van der Waals surface area contributed by atoms with Crippen LogP contribution in [-0.2, 0) is 0 Å². The zero-order valence-corrected chi connectivity index (χ0v) is 11.8. The van der Waals surface area contributed by atoms with E-state index in [0.29, 0.717) is 12.5 Å². The average Bonchev–Trinajstić information content (AvgIpc) is 2.33. The van der Waals surface area contributed by atoms with Gasteiger partial charge in [0.1, 0.15) is 5.82 Å². The van der Waals surface area contributed by atoms with Gasteiger partial charge in [-0.05, 0) is 59.7 Å². The van der Waals surface area contributed by atoms with Crippen LogP contribution in [-0.4, -0.2) is 29.8 Å². The Hall–Kier alpha value is -0.610. The highest BCUT2D eigenvalue weighted by Crippen LogP contribution is 2.25. The van der Waals surface area contributed by atoms with Gasteiger partial charge in [-0.2, -0.15) is 0 Å². The lowest BCUT2D eigenvalue weighted by atomic mass is 9.95. The monoisotopic (exact) mass is 298 g/mol. The van der Waals surface area contributed by atoms with E-state index in [1.54, 1.807) is 0 Å². The van der Waals surface area contributed by atoms with Crippen LogP contribution in [0.25, 0.3) is 0 Å². The number of aromatic nitrogens is 1. The summed E-state index contributed by atoms with van der Waals surface area (Å²) in [6.45, 7) is 4.49. The van der Waals surface area contributed by atoms with Crippen LogP contribution in [0.15, 0.2) is 16.7 Å². The van der Waals surface area contributed by atoms with E-state index in [0.717, 1.165) is 29.8 Å². The van der Waals surface area contributed by atoms with E-state index < -0.39 is 0 Å². The predicted octanol–water partition coefficient (Wildman–Crippen LogP) is 2.75. The van der Waals surface area contributed by atoms with Crippen LogP contribution >= 0.6 is 15.9 Å². The zero-order chi connectivity index (χ0) is 12.3. The van der Waals surface area contributed by atoms with Gasteiger partial charge in [0, 0.05) is 30.4 Å². The van der Waals surface area contributed by atoms with Crippen molar-refractivity contribution < 1.29 is 5.11 Å². The molecule has 2 rings (SSSR count). The average molecular weight is 299 g/mol. The van der Waals surface area contributed by atoms with Crippen LogP contribution < -0.4 is 4.90 Å². The molecule has 94 valence electrons. The molecule has 1 aliphatic heterocycles. The lowest BCUT2D eigenvalue weighted by Crippen LogP contribution is -2.36. The highest BCUT2D eigenvalue weighted by Gasteiger charge is 2.20. The van der Waals surface area contributed by atoms with Crippen molar-refractivity contribution in [1.82, 2.24) is 4.98 Å². The molecule has 0 bridgehead atoms. The molecular weight excluding hydrogens is 280 g/mol. The SMILES string of the molecule is Cc1cc(N2CCCC(CCO)C2)ncc1Br. The highest BCUT2D eigenvalue weighted by atomic mass is 79.9. The van der Waals surface area contributed by atoms with Crippen molar-refractivity contribution in [3.63, 3.8) is 0 Å². The third-order valence-corrected chi connectivity index (χ3v) is 4.24. The van der Waals surface area contributed by atoms with Gasteiger partial charge >= 0.3 is 0 Å². The highest BCUT2D eigenvalue weighted by molar-refractivity contribution is 9.10. The second kappa shape index (κ2) is 5.83. The maximum Gasteiger partial charge on any atom is 0.128 e. The van der Waals surface area contributed by atoms with E-state index in [2.05, 4.69) is 38.8 Å². The maximum atomic E-state index is 9.02. The van der Waals surface area contributed by atoms with Gasteiger partial charge in [-0.15, -0.1) is 0 Å². The van der Waals surface area contributed by atoms with E-state index in [1.807, 2.05) is 6.20 Å². The van der Waals surface area contributed by atoms with Gasteiger partial charge in [0.05, 0.1) is 0 Å². The lowest BCUT2D eigenvalue weighted by molar-refractivity contribution is 0.244. The molecule has 1 fully saturated rings. The Morgan fingerprint density at radius 1 is 1.59 bits per heavy atom. The number of piperidine rings is 1. The molecule has 0 saturated carbocycles. The van der Waals surface area contributed by atoms with Crippen molar-refractivity contribution >= 4 is 21.7 Å². The maximum absolute atomic E-state index is 9.02. The van der Waals surface area contributed by atoms with Gasteiger partial charge in [0.15, 0.2) is 0 Å². The molecule has 4 heteroatoms. The summed E-state index contributed by atoms with van der Waals surface area (Å²) in [5, 5.41) is 9.02. The number of hydrogen-bond donors (Lipinski definition) is 1. The smallest absolute Gasteiger partial charge is 0.128 e. The van der Waals surface area contributed by atoms with Crippen LogP contribution in [0, 0.1) is 12.8 Å². The van der Waals surface area contributed by atoms with Gasteiger partial charge in [0.25, 0.3) is 0 Å². The van der Waals surface area contributed by atoms with Gasteiger partial charge in [-0.25, -0.2) is 4.98 Å². The number of aryl methyl sites for hydroxylation is 1. The summed E-state index contributed by atoms with van der Waals surface area (Å²) in [6, 6.07) is 2.13. The molecule has 1 saturated heterocycles. The normalized spacial score (nSPS) is 20.6. The van der Waals surface area contributed by atoms with Crippen LogP contribution in [0.5, 0.6) is 0 Å². The van der Waals surface area contributed by atoms with Crippen molar-refractivity contribution in [2.45, 2.75) is 26.2 Å². The minimum atomic E-state index is 0.297. The molecule has 0 radical (unpaired) electrons. The summed E-state index contributed by atoms with van der Waals surface area (Å²) in [7, 11) is 0. The summed E-state index contributed by atoms with van der Waals surface area (Å²) in [6.07, 6.45) is 5.21. The zero-order valence-electron chi connectivity index (χ0n) is 10.2. The molecule has 1 aromatic heterocycles. The van der Waals surface area contributed by atoms with Gasteiger partial charge in [-0.3, -0.25) is 0 Å². The Morgan fingerprint density at radius 3 is 3.12 bits per heavy atom. The molecule has 1 unspecified atom stereocenters. The van der Waals surface area contributed by atoms with E-state index in [9.17, 15) is 0 Å². The number of anilines is 1. The quantitative estimate of drug-likeness (QED) is 0.932. The first kappa shape index (κ1) is 12.8. The number of hydrogen-bond acceptors (Lipinski definition) is 3. The first-order valence-electron chi connectivity index (χ1n) is 6.18. The minimum Gasteiger partial charge on any atom is -0.396 e. The number of aliphatic hydroxyl groups is 1. The summed E-state index contributed by atoms with van der Waals surface area (Å²) >= 11 is 3.48. The molecule has 0 amide bonds. The molecule has 0 aromatic carbocycles. The molecule has 1 atom stereocenters. The summed E-state index contributed by atoms with van der Waals surface area (Å²) in [5.74, 6) is 1.67. The van der Waals surface area contributed by atoms with E-state index in [-0.39, 0.29) is 0 Å². The minimum absolute atomic E-state index is 0.297. The van der Waals surface area contributed by atoms with Crippen molar-refractivity contribution in [3.8, 4) is 0 Å². The fourth-order valence-electron chi connectivity index (χ4n) is 2.39. The standard InChI is InChI=1S/C13H19BrN2O/c1-10-7-13(15-8-12(10)14)16-5-2-3-11(9-16)4-6-17/h7-8,11,17H,2-6,9H2,1H3. The predicted molar refractivity (Wildman–Crippen MR) is 73.3 cm³/mol. The van der Waals surface area contributed by atoms with Crippen LogP contribution in [0.4, 0.5) is 5.82 Å². The van der Waals surface area contributed by atoms with Crippen LogP contribution in [0.2, 0.25) is 0 Å². The van der Waals surface area contributed by atoms with Crippen molar-refractivity contribution in [1.29, 1.82) is 0 Å². The lowest BCUT2D eigenvalue weighted by Gasteiger charge is -2.33. The number of rotatable bonds is 3. The van der Waals surface area contributed by atoms with Crippen LogP contribution in [0.1, 0.15) is 24.8 Å². The Labute approximate surface area is 111 Å². The fourth-order valence-corrected chi connectivity index (χ4v) is 2.61. The van der Waals surface area contributed by atoms with Gasteiger partial charge in [0.2, 0.25) is 0 Å². The summed E-state index contributed by atoms with van der Waals surface area (Å²) < 4.78 is 1.06. The topological polar surface area (TPSA) is 36.4 Å². The Balaban J connectivity index is 2.08. The molecule has 17 heavy (non-hydrogen) atoms. The molecule has 2 heterocycles. The third kappa shape index (κ3) is 3.19. The fraction of sp³-hybridized carbons (Fsp3) is 0.615. The summed E-state index contributed by atoms with van der Waals surface area (Å²) in [5.41, 5.74) is 1.22. The molecular formula is C13H19BrN2O. The first-order valence-corrected chi connectivity index (χ1v) is 6.98. The van der Waals surface area contributed by atoms with E-state index >= 15 is 0 Å². The largest absolute Gasteiger partial charge is 0.396 e. The number of aliphatic hydroxyl groups excluding tert-OH is 1. The Morgan fingerprint density at radius 2 is 2.41 bits per heavy atom. The third-order valence-electron chi connectivity index (χ3n) is 3.41. The van der Waals surface area contributed by atoms with Crippen molar-refractivity contribution in [2.75, 3.05) is 24.6 Å². The molecule has 3 nitrogen and oxygen atoms in total. The second-order valence-corrected chi connectivity index (χ2v) is 5.61. The number of nitrogens with zero attached hydrogens (tertiary/aromatic N) is 2. The summed E-state index contributed by atoms with van der Waals surface area (Å²) in [4.78, 5) is 6.81. The van der Waals surface area contributed by atoms with Crippen molar-refractivity contribution in [2.24, 2.45) is 5.92 Å². The number of halogens is 1. The molecule has 0 aliphatic carbocycles. The molecule has 1 aliphatic rings. The Kier molecular flexibility index (Phi) is 4.40. The van der Waals surface area contributed by atoms with Gasteiger partial charge in [-0.1, -0.05) is 0 Å². The van der Waals surface area contributed by atoms with Crippen molar-refractivity contribution in [3.05, 3.63) is 22.3 Å². The first-order chi connectivity index (χ1) is 8.20. The van der Waals surface area contributed by atoms with E-state index in [4.69, 9.17) is 5.11 Å². The Bertz CT molecular complexity index is 382. The van der Waals surface area contributed by atoms with Crippen LogP contribution in [0.3, 0.4) is 0 Å². The molecule has 1 aromatic rings. The van der Waals surface area contributed by atoms with E-state index in [1.165, 1.54) is 18.4 Å². The van der Waals surface area contributed by atoms with Gasteiger partial charge < -0.3 is 10.0 Å². The molecule has 0 spiro atoms.